The van der Waals surface area contributed by atoms with E-state index in [1.165, 1.54) is 30.5 Å². The van der Waals surface area contributed by atoms with E-state index < -0.39 is 36.0 Å². The van der Waals surface area contributed by atoms with Crippen molar-refractivity contribution < 1.29 is 46.1 Å². The molecule has 2 N–H and O–H groups in total. The summed E-state index contributed by atoms with van der Waals surface area (Å²) in [5.41, 5.74) is 0.714. The van der Waals surface area contributed by atoms with E-state index in [4.69, 9.17) is 21.1 Å². The highest BCUT2D eigenvalue weighted by Gasteiger charge is 2.47. The molecule has 15 heteroatoms. The minimum Gasteiger partial charge on any atom is -0.508 e. The normalized spacial score (nSPS) is 21.6. The molecule has 3 fully saturated rings. The molecule has 4 aromatic rings. The molecule has 1 aliphatic carbocycles. The van der Waals surface area contributed by atoms with Crippen molar-refractivity contribution >= 4 is 33.5 Å². The Hall–Kier alpha value is -5.10. The predicted octanol–water partition coefficient (Wildman–Crippen LogP) is 6.16. The highest BCUT2D eigenvalue weighted by Crippen LogP contribution is 2.43. The molecule has 4 heterocycles. The second-order valence-electron chi connectivity index (χ2n) is 12.4. The number of aromatic hydroxyl groups is 1. The SMILES string of the molecule is C#Cc1c(F)ccc2cc(O)cc(-c3ncc4c(N(C)[C@H]5C[C@@H]5F)nc(OCC56CCCN5CC(=C)C6)nc4c3F)c12.O=C(O)C(F)(F)F. The van der Waals surface area contributed by atoms with Gasteiger partial charge in [-0.05, 0) is 49.4 Å². The van der Waals surface area contributed by atoms with Gasteiger partial charge in [0.2, 0.25) is 0 Å². The number of aromatic nitrogens is 3. The number of nitrogens with zero attached hydrogens (tertiary/aromatic N) is 5. The summed E-state index contributed by atoms with van der Waals surface area (Å²) < 4.78 is 83.3. The molecule has 0 bridgehead atoms. The first kappa shape index (κ1) is 33.8. The molecule has 0 radical (unpaired) electrons. The third kappa shape index (κ3) is 6.28. The first-order valence-electron chi connectivity index (χ1n) is 15.1. The quantitative estimate of drug-likeness (QED) is 0.140. The summed E-state index contributed by atoms with van der Waals surface area (Å²) in [6, 6.07) is 4.94. The van der Waals surface area contributed by atoms with E-state index in [2.05, 4.69) is 32.4 Å². The van der Waals surface area contributed by atoms with Crippen LogP contribution >= 0.6 is 0 Å². The number of pyridine rings is 1. The third-order valence-electron chi connectivity index (χ3n) is 9.05. The molecule has 0 amide bonds. The number of halogens is 6. The molecule has 49 heavy (non-hydrogen) atoms. The fraction of sp³-hybridized carbons (Fsp3) is 0.353. The second kappa shape index (κ2) is 12.4. The zero-order valence-corrected chi connectivity index (χ0v) is 26.0. The van der Waals surface area contributed by atoms with Crippen molar-refractivity contribution in [3.63, 3.8) is 0 Å². The minimum atomic E-state index is -5.08. The van der Waals surface area contributed by atoms with Crippen LogP contribution in [-0.2, 0) is 4.79 Å². The number of alkyl halides is 4. The maximum atomic E-state index is 16.5. The van der Waals surface area contributed by atoms with Crippen LogP contribution in [-0.4, -0.2) is 86.7 Å². The number of phenolic OH excluding ortho intramolecular Hbond substituents is 1. The summed E-state index contributed by atoms with van der Waals surface area (Å²) in [5.74, 6) is -1.76. The van der Waals surface area contributed by atoms with Crippen LogP contribution in [0.3, 0.4) is 0 Å². The van der Waals surface area contributed by atoms with Crippen LogP contribution in [0.2, 0.25) is 0 Å². The largest absolute Gasteiger partial charge is 0.508 e. The van der Waals surface area contributed by atoms with Gasteiger partial charge in [0.1, 0.15) is 41.4 Å². The molecular weight excluding hydrogens is 656 g/mol. The van der Waals surface area contributed by atoms with Gasteiger partial charge in [-0.25, -0.2) is 18.0 Å². The van der Waals surface area contributed by atoms with Crippen LogP contribution in [0.5, 0.6) is 11.8 Å². The van der Waals surface area contributed by atoms with Crippen molar-refractivity contribution in [1.82, 2.24) is 19.9 Å². The van der Waals surface area contributed by atoms with E-state index in [9.17, 15) is 27.1 Å². The lowest BCUT2D eigenvalue weighted by Gasteiger charge is -2.31. The summed E-state index contributed by atoms with van der Waals surface area (Å²) in [5, 5.41) is 18.5. The van der Waals surface area contributed by atoms with Gasteiger partial charge < -0.3 is 19.8 Å². The van der Waals surface area contributed by atoms with Gasteiger partial charge >= 0.3 is 18.2 Å². The smallest absolute Gasteiger partial charge is 0.490 e. The van der Waals surface area contributed by atoms with Crippen molar-refractivity contribution in [2.24, 2.45) is 0 Å². The summed E-state index contributed by atoms with van der Waals surface area (Å²) in [7, 11) is 1.70. The molecule has 2 aromatic carbocycles. The Morgan fingerprint density at radius 2 is 1.98 bits per heavy atom. The highest BCUT2D eigenvalue weighted by atomic mass is 19.4. The summed E-state index contributed by atoms with van der Waals surface area (Å²) in [6.07, 6.45) is 4.06. The molecule has 1 unspecified atom stereocenters. The van der Waals surface area contributed by atoms with Crippen LogP contribution < -0.4 is 9.64 Å². The standard InChI is InChI=1S/C32H28F3N5O2.C2HF3O2/c1-4-20-23(33)7-6-18-10-19(41)11-21(26(18)20)28-27(35)29-22(14-36-28)30(39(3)25-12-24(25)34)38-31(37-29)42-16-32-8-5-9-40(32)15-17(2)13-32;3-2(4,5)1(6)7/h1,6-7,10-11,14,24-25,41H,2,5,8-9,12-13,15-16H2,3H3;(H,6,7)/t24-,25-,32?;/m0./s1. The number of anilines is 1. The van der Waals surface area contributed by atoms with Crippen LogP contribution in [0.15, 0.2) is 42.6 Å². The number of ether oxygens (including phenoxy) is 1. The van der Waals surface area contributed by atoms with Gasteiger partial charge in [-0.15, -0.1) is 6.42 Å². The van der Waals surface area contributed by atoms with Gasteiger partial charge in [0.25, 0.3) is 0 Å². The molecule has 7 rings (SSSR count). The maximum Gasteiger partial charge on any atom is 0.490 e. The summed E-state index contributed by atoms with van der Waals surface area (Å²) in [6.45, 7) is 6.24. The Morgan fingerprint density at radius 3 is 2.63 bits per heavy atom. The molecule has 2 aromatic heterocycles. The molecule has 256 valence electrons. The Balaban J connectivity index is 0.000000540. The lowest BCUT2D eigenvalue weighted by Crippen LogP contribution is -2.43. The van der Waals surface area contributed by atoms with Crippen LogP contribution in [0.4, 0.5) is 32.2 Å². The van der Waals surface area contributed by atoms with Crippen molar-refractivity contribution in [2.45, 2.75) is 49.6 Å². The molecule has 9 nitrogen and oxygen atoms in total. The molecule has 3 aliphatic rings. The van der Waals surface area contributed by atoms with Gasteiger partial charge in [0.15, 0.2) is 5.82 Å². The first-order chi connectivity index (χ1) is 23.1. The number of carboxylic acids is 1. The number of aliphatic carboxylic acids is 1. The van der Waals surface area contributed by atoms with E-state index in [0.29, 0.717) is 24.2 Å². The number of phenols is 1. The Kier molecular flexibility index (Phi) is 8.56. The zero-order chi connectivity index (χ0) is 35.4. The monoisotopic (exact) mass is 685 g/mol. The van der Waals surface area contributed by atoms with Crippen molar-refractivity contribution in [1.29, 1.82) is 0 Å². The Morgan fingerprint density at radius 1 is 1.27 bits per heavy atom. The van der Waals surface area contributed by atoms with E-state index in [1.54, 1.807) is 11.9 Å². The number of fused-ring (bicyclic) bond motifs is 3. The van der Waals surface area contributed by atoms with E-state index in [1.807, 2.05) is 0 Å². The molecule has 2 saturated heterocycles. The number of hydrogen-bond acceptors (Lipinski definition) is 8. The van der Waals surface area contributed by atoms with Gasteiger partial charge in [0, 0.05) is 37.2 Å². The Bertz CT molecular complexity index is 2050. The zero-order valence-electron chi connectivity index (χ0n) is 26.0. The van der Waals surface area contributed by atoms with Gasteiger partial charge in [-0.1, -0.05) is 24.1 Å². The molecule has 3 atom stereocenters. The number of rotatable bonds is 6. The van der Waals surface area contributed by atoms with E-state index in [0.717, 1.165) is 37.9 Å². The van der Waals surface area contributed by atoms with Crippen molar-refractivity contribution in [3.05, 3.63) is 59.8 Å². The fourth-order valence-electron chi connectivity index (χ4n) is 6.65. The average Bonchev–Trinajstić information content (AvgIpc) is 3.52. The van der Waals surface area contributed by atoms with Crippen molar-refractivity contribution in [2.75, 3.05) is 31.6 Å². The highest BCUT2D eigenvalue weighted by molar-refractivity contribution is 6.03. The maximum absolute atomic E-state index is 16.5. The van der Waals surface area contributed by atoms with Gasteiger partial charge in [-0.3, -0.25) is 9.88 Å². The van der Waals surface area contributed by atoms with Crippen LogP contribution in [0, 0.1) is 24.0 Å². The molecule has 1 saturated carbocycles. The fourth-order valence-corrected chi connectivity index (χ4v) is 6.65. The molecular formula is C34H29F6N5O4. The number of carbonyl (C=O) groups is 1. The molecule has 0 spiro atoms. The Labute approximate surface area is 275 Å². The lowest BCUT2D eigenvalue weighted by molar-refractivity contribution is -0.192. The van der Waals surface area contributed by atoms with Gasteiger partial charge in [-0.2, -0.15) is 23.1 Å². The number of hydrogen-bond donors (Lipinski definition) is 2. The van der Waals surface area contributed by atoms with Gasteiger partial charge in [0.05, 0.1) is 22.5 Å². The minimum absolute atomic E-state index is 0.0358. The van der Waals surface area contributed by atoms with Crippen molar-refractivity contribution in [3.8, 4) is 35.4 Å². The number of terminal acetylenes is 1. The topological polar surface area (TPSA) is 112 Å². The number of carboxylic acid groups (broad SMARTS) is 1. The van der Waals surface area contributed by atoms with Crippen LogP contribution in [0.1, 0.15) is 31.2 Å². The predicted molar refractivity (Wildman–Crippen MR) is 168 cm³/mol. The molecule has 2 aliphatic heterocycles. The number of benzene rings is 2. The van der Waals surface area contributed by atoms with E-state index >= 15 is 4.39 Å². The van der Waals surface area contributed by atoms with E-state index in [-0.39, 0.29) is 50.4 Å². The first-order valence-corrected chi connectivity index (χ1v) is 15.1. The average molecular weight is 686 g/mol. The summed E-state index contributed by atoms with van der Waals surface area (Å²) in [4.78, 5) is 26.4. The third-order valence-corrected chi connectivity index (χ3v) is 9.05. The van der Waals surface area contributed by atoms with Crippen LogP contribution in [0.25, 0.3) is 32.9 Å². The lowest BCUT2D eigenvalue weighted by atomic mass is 9.94. The summed E-state index contributed by atoms with van der Waals surface area (Å²) >= 11 is 0. The second-order valence-corrected chi connectivity index (χ2v) is 12.4.